The molecule has 0 aliphatic rings. The standard InChI is InChI=1S/C13H15ClN4O/c14-11-5-1-2-6-12(11)17-13(19)15-7-3-9-18-10-4-8-16-18/h1-2,4-6,8,10H,3,7,9H2,(H2,15,17,19). The van der Waals surface area contributed by atoms with Crippen molar-refractivity contribution in [3.05, 3.63) is 47.7 Å². The number of aromatic nitrogens is 2. The maximum Gasteiger partial charge on any atom is 0.319 e. The number of benzene rings is 1. The lowest BCUT2D eigenvalue weighted by molar-refractivity contribution is 0.251. The SMILES string of the molecule is O=C(NCCCn1cccn1)Nc1ccccc1Cl. The van der Waals surface area contributed by atoms with Crippen molar-refractivity contribution in [2.45, 2.75) is 13.0 Å². The molecule has 0 spiro atoms. The second-order valence-corrected chi connectivity index (χ2v) is 4.39. The monoisotopic (exact) mass is 278 g/mol. The number of urea groups is 1. The van der Waals surface area contributed by atoms with E-state index in [1.807, 2.05) is 29.1 Å². The third-order valence-corrected chi connectivity index (χ3v) is 2.86. The smallest absolute Gasteiger partial charge is 0.319 e. The zero-order chi connectivity index (χ0) is 13.5. The summed E-state index contributed by atoms with van der Waals surface area (Å²) in [5, 5.41) is 10.1. The second-order valence-electron chi connectivity index (χ2n) is 3.98. The van der Waals surface area contributed by atoms with Crippen LogP contribution in [0.25, 0.3) is 0 Å². The molecule has 0 fully saturated rings. The van der Waals surface area contributed by atoms with Gasteiger partial charge in [-0.05, 0) is 24.6 Å². The number of halogens is 1. The van der Waals surface area contributed by atoms with Gasteiger partial charge in [-0.15, -0.1) is 0 Å². The maximum absolute atomic E-state index is 11.6. The van der Waals surface area contributed by atoms with Crippen LogP contribution >= 0.6 is 11.6 Å². The summed E-state index contributed by atoms with van der Waals surface area (Å²) in [5.74, 6) is 0. The Bertz CT molecular complexity index is 527. The lowest BCUT2D eigenvalue weighted by Gasteiger charge is -2.08. The van der Waals surface area contributed by atoms with E-state index in [0.717, 1.165) is 13.0 Å². The molecule has 0 saturated heterocycles. The number of nitrogens with zero attached hydrogens (tertiary/aromatic N) is 2. The molecule has 0 bridgehead atoms. The number of anilines is 1. The average Bonchev–Trinajstić information content (AvgIpc) is 2.91. The highest BCUT2D eigenvalue weighted by atomic mass is 35.5. The van der Waals surface area contributed by atoms with E-state index >= 15 is 0 Å². The van der Waals surface area contributed by atoms with Gasteiger partial charge in [0.2, 0.25) is 0 Å². The minimum absolute atomic E-state index is 0.256. The summed E-state index contributed by atoms with van der Waals surface area (Å²) in [4.78, 5) is 11.6. The highest BCUT2D eigenvalue weighted by Gasteiger charge is 2.03. The van der Waals surface area contributed by atoms with Crippen LogP contribution in [0, 0.1) is 0 Å². The van der Waals surface area contributed by atoms with Gasteiger partial charge < -0.3 is 10.6 Å². The van der Waals surface area contributed by atoms with Crippen molar-refractivity contribution in [3.8, 4) is 0 Å². The molecule has 2 N–H and O–H groups in total. The van der Waals surface area contributed by atoms with Crippen molar-refractivity contribution in [2.75, 3.05) is 11.9 Å². The van der Waals surface area contributed by atoms with E-state index in [9.17, 15) is 4.79 Å². The van der Waals surface area contributed by atoms with Gasteiger partial charge in [-0.25, -0.2) is 4.79 Å². The molecule has 0 atom stereocenters. The second kappa shape index (κ2) is 6.80. The van der Waals surface area contributed by atoms with E-state index < -0.39 is 0 Å². The molecular weight excluding hydrogens is 264 g/mol. The van der Waals surface area contributed by atoms with Crippen LogP contribution in [0.2, 0.25) is 5.02 Å². The molecule has 2 amide bonds. The quantitative estimate of drug-likeness (QED) is 0.826. The van der Waals surface area contributed by atoms with Gasteiger partial charge in [-0.3, -0.25) is 4.68 Å². The summed E-state index contributed by atoms with van der Waals surface area (Å²) in [7, 11) is 0. The van der Waals surface area contributed by atoms with Gasteiger partial charge in [0.1, 0.15) is 0 Å². The van der Waals surface area contributed by atoms with E-state index in [0.29, 0.717) is 17.3 Å². The van der Waals surface area contributed by atoms with Crippen molar-refractivity contribution in [2.24, 2.45) is 0 Å². The van der Waals surface area contributed by atoms with Gasteiger partial charge in [0.05, 0.1) is 10.7 Å². The first-order valence-corrected chi connectivity index (χ1v) is 6.40. The Morgan fingerprint density at radius 2 is 2.16 bits per heavy atom. The minimum atomic E-state index is -0.256. The molecule has 0 aliphatic heterocycles. The summed E-state index contributed by atoms with van der Waals surface area (Å²) >= 11 is 5.94. The third kappa shape index (κ3) is 4.30. The Kier molecular flexibility index (Phi) is 4.80. The number of carbonyl (C=O) groups excluding carboxylic acids is 1. The van der Waals surface area contributed by atoms with Gasteiger partial charge in [-0.1, -0.05) is 23.7 Å². The van der Waals surface area contributed by atoms with Crippen LogP contribution in [0.3, 0.4) is 0 Å². The topological polar surface area (TPSA) is 59.0 Å². The van der Waals surface area contributed by atoms with Gasteiger partial charge in [0.15, 0.2) is 0 Å². The molecule has 5 nitrogen and oxygen atoms in total. The summed E-state index contributed by atoms with van der Waals surface area (Å²) in [6.45, 7) is 1.36. The largest absolute Gasteiger partial charge is 0.338 e. The van der Waals surface area contributed by atoms with Crippen LogP contribution in [0.5, 0.6) is 0 Å². The van der Waals surface area contributed by atoms with Gasteiger partial charge in [0.25, 0.3) is 0 Å². The lowest BCUT2D eigenvalue weighted by Crippen LogP contribution is -2.30. The molecule has 0 saturated carbocycles. The van der Waals surface area contributed by atoms with E-state index in [-0.39, 0.29) is 6.03 Å². The summed E-state index contributed by atoms with van der Waals surface area (Å²) < 4.78 is 1.83. The summed E-state index contributed by atoms with van der Waals surface area (Å²) in [6.07, 6.45) is 4.44. The molecule has 0 radical (unpaired) electrons. The normalized spacial score (nSPS) is 10.2. The van der Waals surface area contributed by atoms with Crippen LogP contribution in [-0.2, 0) is 6.54 Å². The number of amides is 2. The van der Waals surface area contributed by atoms with Crippen LogP contribution < -0.4 is 10.6 Å². The fraction of sp³-hybridized carbons (Fsp3) is 0.231. The Hall–Kier alpha value is -2.01. The summed E-state index contributed by atoms with van der Waals surface area (Å²) in [6, 6.07) is 8.74. The highest BCUT2D eigenvalue weighted by Crippen LogP contribution is 2.19. The van der Waals surface area contributed by atoms with Crippen molar-refractivity contribution < 1.29 is 4.79 Å². The Balaban J connectivity index is 1.69. The van der Waals surface area contributed by atoms with Crippen LogP contribution in [0.15, 0.2) is 42.7 Å². The number of para-hydroxylation sites is 1. The molecule has 1 aromatic carbocycles. The van der Waals surface area contributed by atoms with Crippen molar-refractivity contribution >= 4 is 23.3 Å². The van der Waals surface area contributed by atoms with E-state index in [1.54, 1.807) is 18.3 Å². The number of carbonyl (C=O) groups is 1. The lowest BCUT2D eigenvalue weighted by atomic mass is 10.3. The predicted molar refractivity (Wildman–Crippen MR) is 75.3 cm³/mol. The fourth-order valence-corrected chi connectivity index (χ4v) is 1.79. The molecule has 2 aromatic rings. The minimum Gasteiger partial charge on any atom is -0.338 e. The Morgan fingerprint density at radius 3 is 2.89 bits per heavy atom. The third-order valence-electron chi connectivity index (χ3n) is 2.53. The molecule has 1 heterocycles. The molecule has 1 aromatic heterocycles. The first-order chi connectivity index (χ1) is 9.25. The predicted octanol–water partition coefficient (Wildman–Crippen LogP) is 2.75. The molecule has 2 rings (SSSR count). The maximum atomic E-state index is 11.6. The van der Waals surface area contributed by atoms with Crippen LogP contribution in [-0.4, -0.2) is 22.4 Å². The summed E-state index contributed by atoms with van der Waals surface area (Å²) in [5.41, 5.74) is 0.605. The van der Waals surface area contributed by atoms with Gasteiger partial charge in [0, 0.05) is 25.5 Å². The van der Waals surface area contributed by atoms with Crippen molar-refractivity contribution in [1.82, 2.24) is 15.1 Å². The number of hydrogen-bond donors (Lipinski definition) is 2. The molecule has 19 heavy (non-hydrogen) atoms. The Labute approximate surface area is 116 Å². The fourth-order valence-electron chi connectivity index (χ4n) is 1.60. The molecule has 100 valence electrons. The van der Waals surface area contributed by atoms with Crippen molar-refractivity contribution in [3.63, 3.8) is 0 Å². The zero-order valence-corrected chi connectivity index (χ0v) is 11.1. The van der Waals surface area contributed by atoms with Crippen LogP contribution in [0.4, 0.5) is 10.5 Å². The number of aryl methyl sites for hydroxylation is 1. The van der Waals surface area contributed by atoms with Gasteiger partial charge in [-0.2, -0.15) is 5.10 Å². The molecule has 6 heteroatoms. The molecule has 0 aliphatic carbocycles. The number of nitrogens with one attached hydrogen (secondary N) is 2. The number of hydrogen-bond acceptors (Lipinski definition) is 2. The van der Waals surface area contributed by atoms with E-state index in [4.69, 9.17) is 11.6 Å². The Morgan fingerprint density at radius 1 is 1.32 bits per heavy atom. The van der Waals surface area contributed by atoms with E-state index in [2.05, 4.69) is 15.7 Å². The first-order valence-electron chi connectivity index (χ1n) is 6.02. The van der Waals surface area contributed by atoms with Crippen LogP contribution in [0.1, 0.15) is 6.42 Å². The average molecular weight is 279 g/mol. The number of rotatable bonds is 5. The highest BCUT2D eigenvalue weighted by molar-refractivity contribution is 6.33. The zero-order valence-electron chi connectivity index (χ0n) is 10.3. The van der Waals surface area contributed by atoms with Crippen molar-refractivity contribution in [1.29, 1.82) is 0 Å². The first kappa shape index (κ1) is 13.4. The van der Waals surface area contributed by atoms with Gasteiger partial charge >= 0.3 is 6.03 Å². The van der Waals surface area contributed by atoms with E-state index in [1.165, 1.54) is 0 Å². The molecular formula is C13H15ClN4O. The molecule has 0 unspecified atom stereocenters.